The Kier molecular flexibility index (Phi) is 3.33. The van der Waals surface area contributed by atoms with Crippen molar-refractivity contribution >= 4 is 11.6 Å². The van der Waals surface area contributed by atoms with E-state index < -0.39 is 0 Å². The summed E-state index contributed by atoms with van der Waals surface area (Å²) in [5, 5.41) is 0. The zero-order valence-corrected chi connectivity index (χ0v) is 10.3. The van der Waals surface area contributed by atoms with Crippen molar-refractivity contribution < 1.29 is 9.53 Å². The van der Waals surface area contributed by atoms with Crippen LogP contribution in [0.4, 0.5) is 5.69 Å². The highest BCUT2D eigenvalue weighted by molar-refractivity contribution is 5.97. The summed E-state index contributed by atoms with van der Waals surface area (Å²) in [5.74, 6) is 0.721. The van der Waals surface area contributed by atoms with E-state index in [9.17, 15) is 4.79 Å². The molecule has 1 amide bonds. The van der Waals surface area contributed by atoms with Gasteiger partial charge in [-0.2, -0.15) is 0 Å². The van der Waals surface area contributed by atoms with Gasteiger partial charge in [-0.05, 0) is 24.1 Å². The molecule has 0 aliphatic carbocycles. The Labute approximate surface area is 101 Å². The molecular formula is C13H18N2O2. The number of hydrogen-bond acceptors (Lipinski definition) is 3. The number of rotatable bonds is 3. The Morgan fingerprint density at radius 2 is 2.29 bits per heavy atom. The van der Waals surface area contributed by atoms with Gasteiger partial charge in [0.2, 0.25) is 0 Å². The standard InChI is InChI=1S/C13H18N2O2/c1-3-4-10(14)9-5-6-12-11(7-9)15(2)13(16)8-17-12/h5-7,10H,3-4,8,14H2,1-2H3. The minimum Gasteiger partial charge on any atom is -0.482 e. The number of carbonyl (C=O) groups excluding carboxylic acids is 1. The van der Waals surface area contributed by atoms with Crippen LogP contribution in [0.5, 0.6) is 5.75 Å². The maximum atomic E-state index is 11.5. The van der Waals surface area contributed by atoms with Gasteiger partial charge in [0.15, 0.2) is 6.61 Å². The lowest BCUT2D eigenvalue weighted by Gasteiger charge is -2.27. The van der Waals surface area contributed by atoms with Gasteiger partial charge in [0.1, 0.15) is 5.75 Å². The molecule has 1 aliphatic heterocycles. The summed E-state index contributed by atoms with van der Waals surface area (Å²) in [4.78, 5) is 13.2. The van der Waals surface area contributed by atoms with E-state index in [1.54, 1.807) is 11.9 Å². The van der Waals surface area contributed by atoms with Crippen molar-refractivity contribution in [3.8, 4) is 5.75 Å². The molecule has 1 aromatic rings. The first-order valence-electron chi connectivity index (χ1n) is 5.92. The number of likely N-dealkylation sites (N-methyl/N-ethyl adjacent to an activating group) is 1. The van der Waals surface area contributed by atoms with Crippen LogP contribution in [0.3, 0.4) is 0 Å². The monoisotopic (exact) mass is 234 g/mol. The van der Waals surface area contributed by atoms with Crippen LogP contribution >= 0.6 is 0 Å². The first-order valence-corrected chi connectivity index (χ1v) is 5.92. The van der Waals surface area contributed by atoms with Crippen molar-refractivity contribution in [3.05, 3.63) is 23.8 Å². The van der Waals surface area contributed by atoms with Crippen molar-refractivity contribution in [3.63, 3.8) is 0 Å². The van der Waals surface area contributed by atoms with Gasteiger partial charge in [-0.1, -0.05) is 19.4 Å². The molecule has 1 aromatic carbocycles. The minimum absolute atomic E-state index is 0.0238. The number of carbonyl (C=O) groups is 1. The fourth-order valence-electron chi connectivity index (χ4n) is 2.00. The summed E-state index contributed by atoms with van der Waals surface area (Å²) in [6.45, 7) is 2.22. The van der Waals surface area contributed by atoms with Crippen molar-refractivity contribution in [2.24, 2.45) is 5.73 Å². The molecule has 1 atom stereocenters. The van der Waals surface area contributed by atoms with Gasteiger partial charge < -0.3 is 15.4 Å². The predicted molar refractivity (Wildman–Crippen MR) is 67.2 cm³/mol. The zero-order chi connectivity index (χ0) is 12.4. The van der Waals surface area contributed by atoms with Gasteiger partial charge >= 0.3 is 0 Å². The third kappa shape index (κ3) is 2.26. The first kappa shape index (κ1) is 11.9. The molecule has 2 rings (SSSR count). The van der Waals surface area contributed by atoms with E-state index in [1.807, 2.05) is 18.2 Å². The average Bonchev–Trinajstić information content (AvgIpc) is 2.34. The summed E-state index contributed by atoms with van der Waals surface area (Å²) < 4.78 is 5.37. The third-order valence-electron chi connectivity index (χ3n) is 3.10. The summed E-state index contributed by atoms with van der Waals surface area (Å²) in [7, 11) is 1.76. The van der Waals surface area contributed by atoms with E-state index in [2.05, 4.69) is 6.92 Å². The van der Waals surface area contributed by atoms with E-state index in [0.29, 0.717) is 0 Å². The van der Waals surface area contributed by atoms with E-state index in [0.717, 1.165) is 29.8 Å². The molecule has 92 valence electrons. The lowest BCUT2D eigenvalue weighted by molar-refractivity contribution is -0.120. The Morgan fingerprint density at radius 3 is 3.00 bits per heavy atom. The van der Waals surface area contributed by atoms with Crippen LogP contribution in [0.25, 0.3) is 0 Å². The fraction of sp³-hybridized carbons (Fsp3) is 0.462. The van der Waals surface area contributed by atoms with Gasteiger partial charge in [-0.15, -0.1) is 0 Å². The summed E-state index contributed by atoms with van der Waals surface area (Å²) in [5.41, 5.74) is 7.94. The van der Waals surface area contributed by atoms with Crippen molar-refractivity contribution in [2.45, 2.75) is 25.8 Å². The van der Waals surface area contributed by atoms with Crippen molar-refractivity contribution in [2.75, 3.05) is 18.6 Å². The van der Waals surface area contributed by atoms with Crippen LogP contribution in [0.1, 0.15) is 31.4 Å². The summed E-state index contributed by atoms with van der Waals surface area (Å²) in [6.07, 6.45) is 1.99. The van der Waals surface area contributed by atoms with Crippen LogP contribution in [-0.4, -0.2) is 19.6 Å². The molecular weight excluding hydrogens is 216 g/mol. The van der Waals surface area contributed by atoms with E-state index >= 15 is 0 Å². The fourth-order valence-corrected chi connectivity index (χ4v) is 2.00. The van der Waals surface area contributed by atoms with Crippen LogP contribution in [0.2, 0.25) is 0 Å². The van der Waals surface area contributed by atoms with E-state index in [-0.39, 0.29) is 18.6 Å². The van der Waals surface area contributed by atoms with Gasteiger partial charge in [0.05, 0.1) is 5.69 Å². The zero-order valence-electron chi connectivity index (χ0n) is 10.3. The Morgan fingerprint density at radius 1 is 1.53 bits per heavy atom. The van der Waals surface area contributed by atoms with Crippen LogP contribution in [-0.2, 0) is 4.79 Å². The molecule has 0 fully saturated rings. The number of benzene rings is 1. The molecule has 0 spiro atoms. The largest absolute Gasteiger partial charge is 0.482 e. The average molecular weight is 234 g/mol. The second kappa shape index (κ2) is 4.75. The normalized spacial score (nSPS) is 16.4. The number of ether oxygens (including phenoxy) is 1. The molecule has 0 aromatic heterocycles. The quantitative estimate of drug-likeness (QED) is 0.868. The maximum Gasteiger partial charge on any atom is 0.264 e. The second-order valence-electron chi connectivity index (χ2n) is 4.36. The molecule has 1 aliphatic rings. The molecule has 0 bridgehead atoms. The molecule has 17 heavy (non-hydrogen) atoms. The molecule has 2 N–H and O–H groups in total. The van der Waals surface area contributed by atoms with Gasteiger partial charge in [0, 0.05) is 13.1 Å². The molecule has 1 unspecified atom stereocenters. The first-order chi connectivity index (χ1) is 8.13. The van der Waals surface area contributed by atoms with Crippen molar-refractivity contribution in [1.29, 1.82) is 0 Å². The predicted octanol–water partition coefficient (Wildman–Crippen LogP) is 1.84. The van der Waals surface area contributed by atoms with Crippen LogP contribution < -0.4 is 15.4 Å². The summed E-state index contributed by atoms with van der Waals surface area (Å²) in [6, 6.07) is 5.84. The SMILES string of the molecule is CCCC(N)c1ccc2c(c1)N(C)C(=O)CO2. The Bertz CT molecular complexity index is 431. The van der Waals surface area contributed by atoms with Gasteiger partial charge in [-0.3, -0.25) is 4.79 Å². The summed E-state index contributed by atoms with van der Waals surface area (Å²) >= 11 is 0. The molecule has 4 nitrogen and oxygen atoms in total. The number of fused-ring (bicyclic) bond motifs is 1. The second-order valence-corrected chi connectivity index (χ2v) is 4.36. The van der Waals surface area contributed by atoms with Crippen LogP contribution in [0, 0.1) is 0 Å². The lowest BCUT2D eigenvalue weighted by atomic mass is 10.0. The topological polar surface area (TPSA) is 55.6 Å². The van der Waals surface area contributed by atoms with Crippen LogP contribution in [0.15, 0.2) is 18.2 Å². The molecule has 0 radical (unpaired) electrons. The number of amides is 1. The highest BCUT2D eigenvalue weighted by Gasteiger charge is 2.22. The lowest BCUT2D eigenvalue weighted by Crippen LogP contribution is -2.35. The Hall–Kier alpha value is -1.55. The van der Waals surface area contributed by atoms with Crippen molar-refractivity contribution in [1.82, 2.24) is 0 Å². The van der Waals surface area contributed by atoms with E-state index in [1.165, 1.54) is 0 Å². The highest BCUT2D eigenvalue weighted by atomic mass is 16.5. The molecule has 0 saturated carbocycles. The number of hydrogen-bond donors (Lipinski definition) is 1. The Balaban J connectivity index is 2.32. The highest BCUT2D eigenvalue weighted by Crippen LogP contribution is 2.33. The smallest absolute Gasteiger partial charge is 0.264 e. The van der Waals surface area contributed by atoms with E-state index in [4.69, 9.17) is 10.5 Å². The molecule has 1 heterocycles. The maximum absolute atomic E-state index is 11.5. The third-order valence-corrected chi connectivity index (χ3v) is 3.10. The minimum atomic E-state index is -0.0290. The van der Waals surface area contributed by atoms with Gasteiger partial charge in [0.25, 0.3) is 5.91 Å². The molecule has 4 heteroatoms. The number of nitrogens with two attached hydrogens (primary N) is 1. The molecule has 0 saturated heterocycles. The number of anilines is 1. The number of nitrogens with zero attached hydrogens (tertiary/aromatic N) is 1. The van der Waals surface area contributed by atoms with Gasteiger partial charge in [-0.25, -0.2) is 0 Å².